The van der Waals surface area contributed by atoms with Gasteiger partial charge in [0.15, 0.2) is 0 Å². The van der Waals surface area contributed by atoms with Crippen molar-refractivity contribution >= 4 is 15.7 Å². The maximum Gasteiger partial charge on any atom is 0.262 e. The number of ether oxygens (including phenoxy) is 1. The molecule has 2 aromatic carbocycles. The molecule has 0 spiro atoms. The Bertz CT molecular complexity index is 697. The smallest absolute Gasteiger partial charge is 0.262 e. The largest absolute Gasteiger partial charge is 0.492 e. The Kier molecular flexibility index (Phi) is 4.82. The van der Waals surface area contributed by atoms with E-state index in [9.17, 15) is 8.42 Å². The van der Waals surface area contributed by atoms with Crippen molar-refractivity contribution < 1.29 is 13.2 Å². The fourth-order valence-electron chi connectivity index (χ4n) is 1.86. The summed E-state index contributed by atoms with van der Waals surface area (Å²) in [6, 6.07) is 13.6. The van der Waals surface area contributed by atoms with Crippen LogP contribution in [0, 0.1) is 6.92 Å². The predicted molar refractivity (Wildman–Crippen MR) is 83.0 cm³/mol. The standard InChI is InChI=1S/C15H18N2O3S/c1-12-4-2-3-5-15(12)21(18,19)17-13-6-8-14(9-7-13)20-11-10-16/h2-9,17H,10-11,16H2,1H3. The Morgan fingerprint density at radius 2 is 1.76 bits per heavy atom. The molecule has 5 nitrogen and oxygen atoms in total. The van der Waals surface area contributed by atoms with Crippen LogP contribution < -0.4 is 15.2 Å². The normalized spacial score (nSPS) is 11.1. The van der Waals surface area contributed by atoms with Gasteiger partial charge in [-0.15, -0.1) is 0 Å². The number of aryl methyl sites for hydroxylation is 1. The number of anilines is 1. The van der Waals surface area contributed by atoms with E-state index in [4.69, 9.17) is 10.5 Å². The summed E-state index contributed by atoms with van der Waals surface area (Å²) in [4.78, 5) is 0.272. The second-order valence-electron chi connectivity index (χ2n) is 4.53. The SMILES string of the molecule is Cc1ccccc1S(=O)(=O)Nc1ccc(OCCN)cc1. The van der Waals surface area contributed by atoms with E-state index >= 15 is 0 Å². The Hall–Kier alpha value is -2.05. The summed E-state index contributed by atoms with van der Waals surface area (Å²) in [5.74, 6) is 0.652. The van der Waals surface area contributed by atoms with Crippen LogP contribution in [0.15, 0.2) is 53.4 Å². The molecular weight excluding hydrogens is 288 g/mol. The maximum atomic E-state index is 12.3. The molecule has 2 rings (SSSR count). The maximum absolute atomic E-state index is 12.3. The highest BCUT2D eigenvalue weighted by molar-refractivity contribution is 7.92. The summed E-state index contributed by atoms with van der Waals surface area (Å²) < 4.78 is 32.5. The first-order valence-electron chi connectivity index (χ1n) is 6.54. The zero-order valence-electron chi connectivity index (χ0n) is 11.7. The van der Waals surface area contributed by atoms with Crippen LogP contribution in [0.25, 0.3) is 0 Å². The minimum atomic E-state index is -3.58. The minimum absolute atomic E-state index is 0.272. The van der Waals surface area contributed by atoms with Crippen molar-refractivity contribution in [2.24, 2.45) is 5.73 Å². The second kappa shape index (κ2) is 6.60. The van der Waals surface area contributed by atoms with Crippen LogP contribution in [0.5, 0.6) is 5.75 Å². The molecule has 0 radical (unpaired) electrons. The lowest BCUT2D eigenvalue weighted by atomic mass is 10.2. The molecule has 0 unspecified atom stereocenters. The Morgan fingerprint density at radius 3 is 2.38 bits per heavy atom. The van der Waals surface area contributed by atoms with Gasteiger partial charge in [-0.3, -0.25) is 4.72 Å². The molecule has 2 aromatic rings. The summed E-state index contributed by atoms with van der Waals surface area (Å²) in [5.41, 5.74) is 6.54. The molecule has 3 N–H and O–H groups in total. The predicted octanol–water partition coefficient (Wildman–Crippen LogP) is 2.13. The third-order valence-electron chi connectivity index (χ3n) is 2.88. The van der Waals surface area contributed by atoms with Crippen LogP contribution >= 0.6 is 0 Å². The monoisotopic (exact) mass is 306 g/mol. The van der Waals surface area contributed by atoms with Gasteiger partial charge in [0.05, 0.1) is 4.90 Å². The van der Waals surface area contributed by atoms with E-state index in [1.54, 1.807) is 55.5 Å². The first-order valence-corrected chi connectivity index (χ1v) is 8.02. The number of nitrogens with two attached hydrogens (primary N) is 1. The van der Waals surface area contributed by atoms with Crippen molar-refractivity contribution in [3.63, 3.8) is 0 Å². The van der Waals surface area contributed by atoms with Gasteiger partial charge in [-0.25, -0.2) is 8.42 Å². The van der Waals surface area contributed by atoms with E-state index < -0.39 is 10.0 Å². The van der Waals surface area contributed by atoms with Crippen LogP contribution in [0.2, 0.25) is 0 Å². The summed E-state index contributed by atoms with van der Waals surface area (Å²) in [6.45, 7) is 2.62. The molecule has 0 fully saturated rings. The average Bonchev–Trinajstić information content (AvgIpc) is 2.46. The lowest BCUT2D eigenvalue weighted by molar-refractivity contribution is 0.328. The lowest BCUT2D eigenvalue weighted by Crippen LogP contribution is -2.14. The summed E-state index contributed by atoms with van der Waals surface area (Å²) >= 11 is 0. The summed E-state index contributed by atoms with van der Waals surface area (Å²) in [7, 11) is -3.58. The fourth-order valence-corrected chi connectivity index (χ4v) is 3.17. The van der Waals surface area contributed by atoms with E-state index in [1.165, 1.54) is 0 Å². The molecular formula is C15H18N2O3S. The molecule has 0 aliphatic rings. The van der Waals surface area contributed by atoms with Crippen molar-refractivity contribution in [1.82, 2.24) is 0 Å². The van der Waals surface area contributed by atoms with Gasteiger partial charge in [-0.1, -0.05) is 18.2 Å². The van der Waals surface area contributed by atoms with Gasteiger partial charge in [0.25, 0.3) is 10.0 Å². The highest BCUT2D eigenvalue weighted by atomic mass is 32.2. The molecule has 0 saturated heterocycles. The third-order valence-corrected chi connectivity index (χ3v) is 4.42. The number of hydrogen-bond donors (Lipinski definition) is 2. The molecule has 0 atom stereocenters. The lowest BCUT2D eigenvalue weighted by Gasteiger charge is -2.11. The zero-order valence-corrected chi connectivity index (χ0v) is 12.6. The Morgan fingerprint density at radius 1 is 1.10 bits per heavy atom. The topological polar surface area (TPSA) is 81.4 Å². The first-order chi connectivity index (χ1) is 10.0. The third kappa shape index (κ3) is 3.96. The highest BCUT2D eigenvalue weighted by Crippen LogP contribution is 2.21. The average molecular weight is 306 g/mol. The number of rotatable bonds is 6. The number of sulfonamides is 1. The summed E-state index contributed by atoms with van der Waals surface area (Å²) in [6.07, 6.45) is 0. The molecule has 0 heterocycles. The van der Waals surface area contributed by atoms with Gasteiger partial charge in [0.1, 0.15) is 12.4 Å². The van der Waals surface area contributed by atoms with E-state index in [-0.39, 0.29) is 4.90 Å². The van der Waals surface area contributed by atoms with Crippen molar-refractivity contribution in [2.75, 3.05) is 17.9 Å². The fraction of sp³-hybridized carbons (Fsp3) is 0.200. The molecule has 0 aromatic heterocycles. The Labute approximate surface area is 124 Å². The van der Waals surface area contributed by atoms with Gasteiger partial charge in [0.2, 0.25) is 0 Å². The minimum Gasteiger partial charge on any atom is -0.492 e. The van der Waals surface area contributed by atoms with Crippen molar-refractivity contribution in [2.45, 2.75) is 11.8 Å². The molecule has 0 aliphatic carbocycles. The molecule has 0 bridgehead atoms. The van der Waals surface area contributed by atoms with Crippen LogP contribution in [0.3, 0.4) is 0 Å². The van der Waals surface area contributed by atoms with E-state index in [0.29, 0.717) is 30.2 Å². The molecule has 112 valence electrons. The van der Waals surface area contributed by atoms with Gasteiger partial charge in [-0.05, 0) is 42.8 Å². The molecule has 0 amide bonds. The molecule has 0 saturated carbocycles. The molecule has 6 heteroatoms. The van der Waals surface area contributed by atoms with Gasteiger partial charge in [0, 0.05) is 12.2 Å². The summed E-state index contributed by atoms with van der Waals surface area (Å²) in [5, 5.41) is 0. The van der Waals surface area contributed by atoms with Crippen molar-refractivity contribution in [1.29, 1.82) is 0 Å². The van der Waals surface area contributed by atoms with Crippen LogP contribution in [-0.2, 0) is 10.0 Å². The van der Waals surface area contributed by atoms with Gasteiger partial charge >= 0.3 is 0 Å². The van der Waals surface area contributed by atoms with E-state index in [0.717, 1.165) is 0 Å². The van der Waals surface area contributed by atoms with Crippen molar-refractivity contribution in [3.8, 4) is 5.75 Å². The molecule has 0 aliphatic heterocycles. The van der Waals surface area contributed by atoms with Crippen LogP contribution in [0.1, 0.15) is 5.56 Å². The van der Waals surface area contributed by atoms with E-state index in [1.807, 2.05) is 0 Å². The second-order valence-corrected chi connectivity index (χ2v) is 6.18. The number of benzene rings is 2. The highest BCUT2D eigenvalue weighted by Gasteiger charge is 2.16. The quantitative estimate of drug-likeness (QED) is 0.856. The van der Waals surface area contributed by atoms with Crippen molar-refractivity contribution in [3.05, 3.63) is 54.1 Å². The zero-order chi connectivity index (χ0) is 15.3. The van der Waals surface area contributed by atoms with Crippen LogP contribution in [-0.4, -0.2) is 21.6 Å². The molecule has 21 heavy (non-hydrogen) atoms. The van der Waals surface area contributed by atoms with Crippen LogP contribution in [0.4, 0.5) is 5.69 Å². The first kappa shape index (κ1) is 15.3. The van der Waals surface area contributed by atoms with Gasteiger partial charge in [-0.2, -0.15) is 0 Å². The number of nitrogens with one attached hydrogen (secondary N) is 1. The number of hydrogen-bond acceptors (Lipinski definition) is 4. The van der Waals surface area contributed by atoms with E-state index in [2.05, 4.69) is 4.72 Å². The Balaban J connectivity index is 2.16. The van der Waals surface area contributed by atoms with Gasteiger partial charge < -0.3 is 10.5 Å².